The summed E-state index contributed by atoms with van der Waals surface area (Å²) >= 11 is 0. The molecule has 5 heteroatoms. The van der Waals surface area contributed by atoms with Crippen molar-refractivity contribution in [3.8, 4) is 0 Å². The molecule has 1 aliphatic rings. The van der Waals surface area contributed by atoms with Crippen LogP contribution in [0.15, 0.2) is 29.3 Å². The van der Waals surface area contributed by atoms with Gasteiger partial charge in [-0.3, -0.25) is 9.79 Å². The van der Waals surface area contributed by atoms with Gasteiger partial charge in [-0.2, -0.15) is 0 Å². The number of nitrogens with one attached hydrogen (secondary N) is 2. The van der Waals surface area contributed by atoms with Crippen molar-refractivity contribution in [3.05, 3.63) is 35.4 Å². The van der Waals surface area contributed by atoms with Gasteiger partial charge in [0, 0.05) is 39.6 Å². The largest absolute Gasteiger partial charge is 0.354 e. The average Bonchev–Trinajstić information content (AvgIpc) is 3.34. The van der Waals surface area contributed by atoms with E-state index in [0.717, 1.165) is 25.3 Å². The molecule has 1 aliphatic carbocycles. The van der Waals surface area contributed by atoms with Crippen LogP contribution in [0.1, 0.15) is 24.0 Å². The van der Waals surface area contributed by atoms with E-state index in [1.165, 1.54) is 11.1 Å². The highest BCUT2D eigenvalue weighted by Crippen LogP contribution is 2.28. The van der Waals surface area contributed by atoms with Crippen LogP contribution in [0.3, 0.4) is 0 Å². The van der Waals surface area contributed by atoms with Gasteiger partial charge in [0.05, 0.1) is 0 Å². The summed E-state index contributed by atoms with van der Waals surface area (Å²) in [6.07, 6.45) is 2.08. The van der Waals surface area contributed by atoms with E-state index < -0.39 is 0 Å². The molecule has 0 aromatic heterocycles. The fourth-order valence-electron chi connectivity index (χ4n) is 2.35. The lowest BCUT2D eigenvalue weighted by Gasteiger charge is -2.23. The van der Waals surface area contributed by atoms with E-state index >= 15 is 0 Å². The third kappa shape index (κ3) is 4.76. The number of benzene rings is 1. The predicted molar refractivity (Wildman–Crippen MR) is 89.7 cm³/mol. The van der Waals surface area contributed by atoms with Crippen molar-refractivity contribution in [2.24, 2.45) is 10.9 Å². The van der Waals surface area contributed by atoms with E-state index in [4.69, 9.17) is 0 Å². The number of hydrogen-bond donors (Lipinski definition) is 2. The molecule has 22 heavy (non-hydrogen) atoms. The van der Waals surface area contributed by atoms with E-state index in [1.807, 2.05) is 7.05 Å². The third-order valence-electron chi connectivity index (χ3n) is 3.90. The first-order chi connectivity index (χ1) is 10.6. The van der Waals surface area contributed by atoms with Crippen molar-refractivity contribution in [2.75, 3.05) is 27.2 Å². The summed E-state index contributed by atoms with van der Waals surface area (Å²) in [5, 5.41) is 6.23. The molecule has 0 spiro atoms. The molecule has 0 heterocycles. The van der Waals surface area contributed by atoms with E-state index in [1.54, 1.807) is 7.05 Å². The summed E-state index contributed by atoms with van der Waals surface area (Å²) in [6, 6.07) is 8.36. The molecular weight excluding hydrogens is 276 g/mol. The smallest absolute Gasteiger partial charge is 0.223 e. The molecule has 5 nitrogen and oxygen atoms in total. The van der Waals surface area contributed by atoms with E-state index in [-0.39, 0.29) is 11.8 Å². The molecule has 2 rings (SSSR count). The first-order valence-corrected chi connectivity index (χ1v) is 7.86. The zero-order valence-corrected chi connectivity index (χ0v) is 13.7. The van der Waals surface area contributed by atoms with Crippen molar-refractivity contribution in [2.45, 2.75) is 26.3 Å². The molecule has 1 saturated carbocycles. The Morgan fingerprint density at radius 2 is 1.95 bits per heavy atom. The maximum absolute atomic E-state index is 11.6. The van der Waals surface area contributed by atoms with E-state index in [9.17, 15) is 4.79 Å². The van der Waals surface area contributed by atoms with Crippen molar-refractivity contribution in [1.29, 1.82) is 0 Å². The summed E-state index contributed by atoms with van der Waals surface area (Å²) < 4.78 is 0. The zero-order chi connectivity index (χ0) is 15.9. The van der Waals surface area contributed by atoms with Gasteiger partial charge >= 0.3 is 0 Å². The molecular formula is C17H26N4O. The van der Waals surface area contributed by atoms with Crippen LogP contribution in [-0.4, -0.2) is 44.0 Å². The van der Waals surface area contributed by atoms with Gasteiger partial charge < -0.3 is 15.5 Å². The monoisotopic (exact) mass is 302 g/mol. The maximum Gasteiger partial charge on any atom is 0.223 e. The molecule has 120 valence electrons. The minimum atomic E-state index is 0.185. The standard InChI is InChI=1S/C17H26N4O/c1-13-6-4-5-7-15(13)12-21(3)17(18-2)20-11-10-19-16(22)14-8-9-14/h4-7,14H,8-12H2,1-3H3,(H,18,20)(H,19,22). The van der Waals surface area contributed by atoms with Gasteiger partial charge in [-0.15, -0.1) is 0 Å². The van der Waals surface area contributed by atoms with Gasteiger partial charge in [-0.05, 0) is 30.9 Å². The van der Waals surface area contributed by atoms with Gasteiger partial charge in [0.2, 0.25) is 5.91 Å². The Balaban J connectivity index is 1.75. The van der Waals surface area contributed by atoms with Crippen molar-refractivity contribution < 1.29 is 4.79 Å². The van der Waals surface area contributed by atoms with Crippen LogP contribution >= 0.6 is 0 Å². The summed E-state index contributed by atoms with van der Waals surface area (Å²) in [6.45, 7) is 4.24. The Bertz CT molecular complexity index is 537. The molecule has 1 aromatic rings. The first-order valence-electron chi connectivity index (χ1n) is 7.86. The van der Waals surface area contributed by atoms with E-state index in [2.05, 4.69) is 51.7 Å². The number of amides is 1. The number of rotatable bonds is 6. The van der Waals surface area contributed by atoms with Crippen LogP contribution in [0.5, 0.6) is 0 Å². The Morgan fingerprint density at radius 1 is 1.27 bits per heavy atom. The molecule has 0 aliphatic heterocycles. The van der Waals surface area contributed by atoms with Crippen LogP contribution in [0.25, 0.3) is 0 Å². The molecule has 0 bridgehead atoms. The van der Waals surface area contributed by atoms with Crippen molar-refractivity contribution >= 4 is 11.9 Å². The average molecular weight is 302 g/mol. The second-order valence-corrected chi connectivity index (χ2v) is 5.82. The number of aryl methyl sites for hydroxylation is 1. The number of nitrogens with zero attached hydrogens (tertiary/aromatic N) is 2. The topological polar surface area (TPSA) is 56.7 Å². The van der Waals surface area contributed by atoms with Crippen LogP contribution in [-0.2, 0) is 11.3 Å². The number of aliphatic imine (C=N–C) groups is 1. The Hall–Kier alpha value is -2.04. The summed E-state index contributed by atoms with van der Waals surface area (Å²) in [5.41, 5.74) is 2.57. The molecule has 0 unspecified atom stereocenters. The van der Waals surface area contributed by atoms with Crippen LogP contribution in [0.2, 0.25) is 0 Å². The summed E-state index contributed by atoms with van der Waals surface area (Å²) in [4.78, 5) is 17.9. The highest BCUT2D eigenvalue weighted by molar-refractivity contribution is 5.81. The van der Waals surface area contributed by atoms with Gasteiger partial charge in [-0.1, -0.05) is 24.3 Å². The van der Waals surface area contributed by atoms with Crippen LogP contribution < -0.4 is 10.6 Å². The summed E-state index contributed by atoms with van der Waals surface area (Å²) in [7, 11) is 3.80. The molecule has 2 N–H and O–H groups in total. The number of guanidine groups is 1. The van der Waals surface area contributed by atoms with Crippen molar-refractivity contribution in [1.82, 2.24) is 15.5 Å². The lowest BCUT2D eigenvalue weighted by Crippen LogP contribution is -2.42. The molecule has 1 fully saturated rings. The number of carbonyl (C=O) groups excluding carboxylic acids is 1. The van der Waals surface area contributed by atoms with Crippen LogP contribution in [0.4, 0.5) is 0 Å². The summed E-state index contributed by atoms with van der Waals surface area (Å²) in [5.74, 6) is 1.29. The third-order valence-corrected chi connectivity index (χ3v) is 3.90. The highest BCUT2D eigenvalue weighted by Gasteiger charge is 2.28. The highest BCUT2D eigenvalue weighted by atomic mass is 16.2. The lowest BCUT2D eigenvalue weighted by atomic mass is 10.1. The Morgan fingerprint density at radius 3 is 2.59 bits per heavy atom. The minimum absolute atomic E-state index is 0.185. The number of carbonyl (C=O) groups is 1. The SMILES string of the molecule is CN=C(NCCNC(=O)C1CC1)N(C)Cc1ccccc1C. The second-order valence-electron chi connectivity index (χ2n) is 5.82. The fraction of sp³-hybridized carbons (Fsp3) is 0.529. The Kier molecular flexibility index (Phi) is 5.81. The first kappa shape index (κ1) is 16.3. The van der Waals surface area contributed by atoms with Gasteiger partial charge in [0.15, 0.2) is 5.96 Å². The maximum atomic E-state index is 11.6. The molecule has 0 radical (unpaired) electrons. The second kappa shape index (κ2) is 7.82. The zero-order valence-electron chi connectivity index (χ0n) is 13.7. The Labute approximate surface area is 132 Å². The number of hydrogen-bond acceptors (Lipinski definition) is 2. The molecule has 1 aromatic carbocycles. The van der Waals surface area contributed by atoms with Gasteiger partial charge in [0.25, 0.3) is 0 Å². The van der Waals surface area contributed by atoms with Crippen molar-refractivity contribution in [3.63, 3.8) is 0 Å². The molecule has 0 saturated heterocycles. The molecule has 1 amide bonds. The molecule has 0 atom stereocenters. The predicted octanol–water partition coefficient (Wildman–Crippen LogP) is 1.53. The van der Waals surface area contributed by atoms with Crippen LogP contribution in [0, 0.1) is 12.8 Å². The normalized spacial score (nSPS) is 14.6. The quantitative estimate of drug-likeness (QED) is 0.476. The van der Waals surface area contributed by atoms with Gasteiger partial charge in [0.1, 0.15) is 0 Å². The fourth-order valence-corrected chi connectivity index (χ4v) is 2.35. The van der Waals surface area contributed by atoms with Gasteiger partial charge in [-0.25, -0.2) is 0 Å². The lowest BCUT2D eigenvalue weighted by molar-refractivity contribution is -0.122. The van der Waals surface area contributed by atoms with E-state index in [0.29, 0.717) is 13.1 Å². The minimum Gasteiger partial charge on any atom is -0.354 e.